The zero-order valence-electron chi connectivity index (χ0n) is 9.36. The van der Waals surface area contributed by atoms with E-state index in [9.17, 15) is 8.78 Å². The molecule has 8 heteroatoms. The van der Waals surface area contributed by atoms with Crippen LogP contribution in [0.25, 0.3) is 11.4 Å². The average molecular weight is 354 g/mol. The van der Waals surface area contributed by atoms with E-state index >= 15 is 0 Å². The van der Waals surface area contributed by atoms with Crippen LogP contribution in [-0.2, 0) is 6.42 Å². The van der Waals surface area contributed by atoms with E-state index in [0.29, 0.717) is 15.1 Å². The maximum Gasteiger partial charge on any atom is 0.264 e. The van der Waals surface area contributed by atoms with Crippen molar-refractivity contribution in [1.82, 2.24) is 10.1 Å². The molecule has 0 bridgehead atoms. The van der Waals surface area contributed by atoms with Crippen LogP contribution >= 0.6 is 27.5 Å². The second-order valence-electron chi connectivity index (χ2n) is 3.75. The molecule has 0 aliphatic rings. The van der Waals surface area contributed by atoms with Gasteiger partial charge in [-0.25, -0.2) is 8.78 Å². The fourth-order valence-electron chi connectivity index (χ4n) is 1.36. The molecule has 0 fully saturated rings. The van der Waals surface area contributed by atoms with E-state index in [0.717, 1.165) is 0 Å². The summed E-state index contributed by atoms with van der Waals surface area (Å²) in [7, 11) is 0. The second-order valence-corrected chi connectivity index (χ2v) is 5.01. The molecule has 4 nitrogen and oxygen atoms in total. The summed E-state index contributed by atoms with van der Waals surface area (Å²) >= 11 is 9.10. The number of benzene rings is 1. The molecule has 1 heterocycles. The van der Waals surface area contributed by atoms with Crippen molar-refractivity contribution in [2.75, 3.05) is 0 Å². The van der Waals surface area contributed by atoms with Crippen LogP contribution in [0.5, 0.6) is 0 Å². The number of nitrogens with zero attached hydrogens (tertiary/aromatic N) is 2. The van der Waals surface area contributed by atoms with Crippen LogP contribution in [0.1, 0.15) is 5.89 Å². The largest absolute Gasteiger partial charge is 0.387 e. The first kappa shape index (κ1) is 14.4. The molecule has 0 aliphatic carbocycles. The SMILES string of the molecule is OC(Cc1nc(-c2ccc(Cl)c(Br)c2)no1)C(F)F. The Morgan fingerprint density at radius 3 is 2.79 bits per heavy atom. The molecule has 0 aliphatic heterocycles. The maximum atomic E-state index is 12.2. The topological polar surface area (TPSA) is 59.2 Å². The van der Waals surface area contributed by atoms with Crippen LogP contribution < -0.4 is 0 Å². The predicted molar refractivity (Wildman–Crippen MR) is 68.2 cm³/mol. The van der Waals surface area contributed by atoms with E-state index in [4.69, 9.17) is 21.2 Å². The van der Waals surface area contributed by atoms with E-state index in [-0.39, 0.29) is 18.1 Å². The molecule has 19 heavy (non-hydrogen) atoms. The van der Waals surface area contributed by atoms with Crippen LogP contribution in [0.15, 0.2) is 27.2 Å². The van der Waals surface area contributed by atoms with Gasteiger partial charge in [-0.3, -0.25) is 0 Å². The summed E-state index contributed by atoms with van der Waals surface area (Å²) in [5, 5.41) is 13.2. The van der Waals surface area contributed by atoms with Gasteiger partial charge in [0.15, 0.2) is 0 Å². The van der Waals surface area contributed by atoms with Crippen molar-refractivity contribution >= 4 is 27.5 Å². The van der Waals surface area contributed by atoms with Crippen molar-refractivity contribution in [3.05, 3.63) is 33.6 Å². The molecule has 102 valence electrons. The van der Waals surface area contributed by atoms with Gasteiger partial charge in [0, 0.05) is 10.0 Å². The van der Waals surface area contributed by atoms with E-state index in [1.54, 1.807) is 18.2 Å². The highest BCUT2D eigenvalue weighted by molar-refractivity contribution is 9.10. The molecule has 0 spiro atoms. The molecule has 0 saturated carbocycles. The lowest BCUT2D eigenvalue weighted by Gasteiger charge is -2.04. The van der Waals surface area contributed by atoms with Gasteiger partial charge < -0.3 is 9.63 Å². The average Bonchev–Trinajstić information content (AvgIpc) is 2.81. The smallest absolute Gasteiger partial charge is 0.264 e. The number of hydrogen-bond acceptors (Lipinski definition) is 4. The second kappa shape index (κ2) is 5.94. The minimum atomic E-state index is -2.85. The number of alkyl halides is 2. The van der Waals surface area contributed by atoms with E-state index in [2.05, 4.69) is 26.1 Å². The Balaban J connectivity index is 2.18. The van der Waals surface area contributed by atoms with Crippen LogP contribution in [0.2, 0.25) is 5.02 Å². The van der Waals surface area contributed by atoms with Gasteiger partial charge in [-0.1, -0.05) is 16.8 Å². The summed E-state index contributed by atoms with van der Waals surface area (Å²) in [5.41, 5.74) is 0.623. The summed E-state index contributed by atoms with van der Waals surface area (Å²) in [6.45, 7) is 0. The normalized spacial score (nSPS) is 12.9. The van der Waals surface area contributed by atoms with Crippen molar-refractivity contribution in [2.45, 2.75) is 19.0 Å². The highest BCUT2D eigenvalue weighted by Crippen LogP contribution is 2.27. The number of hydrogen-bond donors (Lipinski definition) is 1. The number of rotatable bonds is 4. The Kier molecular flexibility index (Phi) is 4.49. The van der Waals surface area contributed by atoms with Crippen molar-refractivity contribution in [3.8, 4) is 11.4 Å². The maximum absolute atomic E-state index is 12.2. The molecular formula is C11H8BrClF2N2O2. The summed E-state index contributed by atoms with van der Waals surface area (Å²) in [5.74, 6) is 0.197. The lowest BCUT2D eigenvalue weighted by molar-refractivity contribution is -0.00754. The Labute approximate surface area is 120 Å². The standard InChI is InChI=1S/C11H8BrClF2N2O2/c12-6-3-5(1-2-7(6)13)11-16-9(19-17-11)4-8(18)10(14)15/h1-3,8,10,18H,4H2. The van der Waals surface area contributed by atoms with E-state index < -0.39 is 12.5 Å². The summed E-state index contributed by atoms with van der Waals surface area (Å²) in [6.07, 6.45) is -5.05. The zero-order valence-corrected chi connectivity index (χ0v) is 11.7. The summed E-state index contributed by atoms with van der Waals surface area (Å²) in [4.78, 5) is 3.94. The first-order chi connectivity index (χ1) is 8.97. The Morgan fingerprint density at radius 1 is 1.42 bits per heavy atom. The lowest BCUT2D eigenvalue weighted by atomic mass is 10.2. The van der Waals surface area contributed by atoms with Crippen molar-refractivity contribution in [1.29, 1.82) is 0 Å². The third kappa shape index (κ3) is 3.49. The highest BCUT2D eigenvalue weighted by atomic mass is 79.9. The molecule has 2 rings (SSSR count). The van der Waals surface area contributed by atoms with Gasteiger partial charge in [0.1, 0.15) is 6.10 Å². The van der Waals surface area contributed by atoms with E-state index in [1.807, 2.05) is 0 Å². The van der Waals surface area contributed by atoms with Crippen molar-refractivity contribution < 1.29 is 18.4 Å². The van der Waals surface area contributed by atoms with Gasteiger partial charge in [-0.05, 0) is 34.1 Å². The highest BCUT2D eigenvalue weighted by Gasteiger charge is 2.21. The third-order valence-corrected chi connectivity index (χ3v) is 3.53. The van der Waals surface area contributed by atoms with Gasteiger partial charge in [0.05, 0.1) is 11.4 Å². The zero-order chi connectivity index (χ0) is 14.0. The molecule has 1 N–H and O–H groups in total. The quantitative estimate of drug-likeness (QED) is 0.916. The van der Waals surface area contributed by atoms with Crippen molar-refractivity contribution in [3.63, 3.8) is 0 Å². The van der Waals surface area contributed by atoms with Crippen molar-refractivity contribution in [2.24, 2.45) is 0 Å². The molecule has 0 amide bonds. The van der Waals surface area contributed by atoms with Crippen LogP contribution in [0, 0.1) is 0 Å². The first-order valence-corrected chi connectivity index (χ1v) is 6.38. The lowest BCUT2D eigenvalue weighted by Crippen LogP contribution is -2.20. The van der Waals surface area contributed by atoms with Gasteiger partial charge >= 0.3 is 0 Å². The van der Waals surface area contributed by atoms with Gasteiger partial charge in [0.25, 0.3) is 6.43 Å². The number of aliphatic hydroxyl groups is 1. The van der Waals surface area contributed by atoms with E-state index in [1.165, 1.54) is 0 Å². The van der Waals surface area contributed by atoms with Crippen LogP contribution in [-0.4, -0.2) is 27.8 Å². The minimum absolute atomic E-state index is 0.0473. The molecule has 1 aromatic carbocycles. The van der Waals surface area contributed by atoms with Gasteiger partial charge in [0.2, 0.25) is 11.7 Å². The molecule has 1 atom stereocenters. The molecule has 0 radical (unpaired) electrons. The Morgan fingerprint density at radius 2 is 2.16 bits per heavy atom. The Hall–Kier alpha value is -1.05. The molecule has 0 saturated heterocycles. The van der Waals surface area contributed by atoms with Crippen LogP contribution in [0.3, 0.4) is 0 Å². The first-order valence-electron chi connectivity index (χ1n) is 5.21. The number of halogens is 4. The van der Waals surface area contributed by atoms with Crippen LogP contribution in [0.4, 0.5) is 8.78 Å². The number of aliphatic hydroxyl groups excluding tert-OH is 1. The summed E-state index contributed by atoms with van der Waals surface area (Å²) in [6, 6.07) is 5.00. The molecule has 2 aromatic rings. The third-order valence-electron chi connectivity index (χ3n) is 2.32. The Bertz CT molecular complexity index is 580. The molecule has 1 unspecified atom stereocenters. The predicted octanol–water partition coefficient (Wildman–Crippen LogP) is 3.32. The minimum Gasteiger partial charge on any atom is -0.387 e. The summed E-state index contributed by atoms with van der Waals surface area (Å²) < 4.78 is 29.8. The number of aromatic nitrogens is 2. The fraction of sp³-hybridized carbons (Fsp3) is 0.273. The van der Waals surface area contributed by atoms with Gasteiger partial charge in [-0.15, -0.1) is 0 Å². The fourth-order valence-corrected chi connectivity index (χ4v) is 1.85. The molecule has 1 aromatic heterocycles. The van der Waals surface area contributed by atoms with Gasteiger partial charge in [-0.2, -0.15) is 4.98 Å². The molecular weight excluding hydrogens is 345 g/mol. The monoisotopic (exact) mass is 352 g/mol.